The second-order valence-corrected chi connectivity index (χ2v) is 6.48. The summed E-state index contributed by atoms with van der Waals surface area (Å²) >= 11 is 0. The van der Waals surface area contributed by atoms with E-state index >= 15 is 0 Å². The highest BCUT2D eigenvalue weighted by Gasteiger charge is 2.14. The number of hydrogen-bond acceptors (Lipinski definition) is 4. The van der Waals surface area contributed by atoms with Crippen LogP contribution in [-0.4, -0.2) is 33.4 Å². The van der Waals surface area contributed by atoms with Crippen molar-refractivity contribution in [2.45, 2.75) is 26.2 Å². The van der Waals surface area contributed by atoms with Crippen molar-refractivity contribution in [2.24, 2.45) is 0 Å². The van der Waals surface area contributed by atoms with Gasteiger partial charge in [0, 0.05) is 25.5 Å². The normalized spacial score (nSPS) is 14.2. The van der Waals surface area contributed by atoms with Gasteiger partial charge < -0.3 is 14.6 Å². The first kappa shape index (κ1) is 15.6. The maximum atomic E-state index is 12.3. The molecule has 0 saturated carbocycles. The molecule has 1 N–H and O–H groups in total. The molecule has 6 nitrogen and oxygen atoms in total. The van der Waals surface area contributed by atoms with Gasteiger partial charge in [0.25, 0.3) is 0 Å². The van der Waals surface area contributed by atoms with Crippen molar-refractivity contribution >= 4 is 23.1 Å². The van der Waals surface area contributed by atoms with Crippen LogP contribution in [0.25, 0.3) is 5.65 Å². The SMILES string of the molecule is Cc1cccn2cc(CC(=O)Nc3ccc(N4CCCC4)nc3)nc12. The number of amides is 1. The van der Waals surface area contributed by atoms with E-state index < -0.39 is 0 Å². The molecule has 4 rings (SSSR count). The Bertz CT molecular complexity index is 894. The molecule has 1 aliphatic rings. The second-order valence-electron chi connectivity index (χ2n) is 6.48. The summed E-state index contributed by atoms with van der Waals surface area (Å²) in [5, 5.41) is 2.90. The molecule has 25 heavy (non-hydrogen) atoms. The zero-order valence-corrected chi connectivity index (χ0v) is 14.3. The summed E-state index contributed by atoms with van der Waals surface area (Å²) in [6, 6.07) is 7.86. The van der Waals surface area contributed by atoms with E-state index in [-0.39, 0.29) is 12.3 Å². The van der Waals surface area contributed by atoms with Crippen LogP contribution < -0.4 is 10.2 Å². The Morgan fingerprint density at radius 1 is 1.24 bits per heavy atom. The average Bonchev–Trinajstić information content (AvgIpc) is 3.25. The van der Waals surface area contributed by atoms with Crippen molar-refractivity contribution in [1.29, 1.82) is 0 Å². The van der Waals surface area contributed by atoms with Crippen LogP contribution in [0.2, 0.25) is 0 Å². The molecular weight excluding hydrogens is 314 g/mol. The summed E-state index contributed by atoms with van der Waals surface area (Å²) in [5.41, 5.74) is 3.46. The minimum atomic E-state index is -0.0863. The molecule has 0 bridgehead atoms. The number of carbonyl (C=O) groups is 1. The van der Waals surface area contributed by atoms with E-state index in [1.54, 1.807) is 6.20 Å². The van der Waals surface area contributed by atoms with Crippen LogP contribution in [0, 0.1) is 6.92 Å². The molecule has 0 radical (unpaired) electrons. The highest BCUT2D eigenvalue weighted by Crippen LogP contribution is 2.19. The molecule has 0 atom stereocenters. The molecule has 128 valence electrons. The molecule has 1 fully saturated rings. The first-order valence-electron chi connectivity index (χ1n) is 8.63. The van der Waals surface area contributed by atoms with Crippen LogP contribution in [0.5, 0.6) is 0 Å². The molecule has 3 aromatic rings. The van der Waals surface area contributed by atoms with Gasteiger partial charge in [-0.2, -0.15) is 0 Å². The van der Waals surface area contributed by atoms with Gasteiger partial charge in [0.15, 0.2) is 0 Å². The number of imidazole rings is 1. The molecule has 1 amide bonds. The number of nitrogens with zero attached hydrogens (tertiary/aromatic N) is 4. The Hall–Kier alpha value is -2.89. The largest absolute Gasteiger partial charge is 0.357 e. The van der Waals surface area contributed by atoms with Gasteiger partial charge >= 0.3 is 0 Å². The van der Waals surface area contributed by atoms with Crippen LogP contribution in [0.4, 0.5) is 11.5 Å². The number of aryl methyl sites for hydroxylation is 1. The van der Waals surface area contributed by atoms with Gasteiger partial charge in [0.1, 0.15) is 11.5 Å². The Morgan fingerprint density at radius 2 is 2.08 bits per heavy atom. The third-order valence-electron chi connectivity index (χ3n) is 4.53. The highest BCUT2D eigenvalue weighted by molar-refractivity contribution is 5.92. The van der Waals surface area contributed by atoms with Crippen molar-refractivity contribution in [2.75, 3.05) is 23.3 Å². The number of carbonyl (C=O) groups excluding carboxylic acids is 1. The third-order valence-corrected chi connectivity index (χ3v) is 4.53. The van der Waals surface area contributed by atoms with Gasteiger partial charge in [-0.3, -0.25) is 4.79 Å². The lowest BCUT2D eigenvalue weighted by Gasteiger charge is -2.16. The maximum absolute atomic E-state index is 12.3. The molecule has 0 spiro atoms. The second kappa shape index (κ2) is 6.55. The lowest BCUT2D eigenvalue weighted by atomic mass is 10.3. The molecule has 1 aliphatic heterocycles. The van der Waals surface area contributed by atoms with Gasteiger partial charge in [-0.1, -0.05) is 6.07 Å². The van der Waals surface area contributed by atoms with Crippen molar-refractivity contribution < 1.29 is 4.79 Å². The third kappa shape index (κ3) is 3.33. The van der Waals surface area contributed by atoms with Gasteiger partial charge in [-0.05, 0) is 43.5 Å². The van der Waals surface area contributed by atoms with Crippen LogP contribution in [-0.2, 0) is 11.2 Å². The first-order chi connectivity index (χ1) is 12.2. The molecule has 3 aromatic heterocycles. The first-order valence-corrected chi connectivity index (χ1v) is 8.63. The minimum Gasteiger partial charge on any atom is -0.357 e. The van der Waals surface area contributed by atoms with E-state index in [1.807, 2.05) is 48.0 Å². The molecule has 6 heteroatoms. The summed E-state index contributed by atoms with van der Waals surface area (Å²) in [6.07, 6.45) is 8.25. The molecule has 0 aromatic carbocycles. The van der Waals surface area contributed by atoms with Crippen molar-refractivity contribution in [3.63, 3.8) is 0 Å². The Kier molecular flexibility index (Phi) is 4.09. The van der Waals surface area contributed by atoms with Crippen molar-refractivity contribution in [3.8, 4) is 0 Å². The maximum Gasteiger partial charge on any atom is 0.230 e. The van der Waals surface area contributed by atoms with E-state index in [1.165, 1.54) is 12.8 Å². The molecule has 1 saturated heterocycles. The summed E-state index contributed by atoms with van der Waals surface area (Å²) in [7, 11) is 0. The Labute approximate surface area is 146 Å². The molecular formula is C19H21N5O. The van der Waals surface area contributed by atoms with E-state index in [2.05, 4.69) is 20.2 Å². The van der Waals surface area contributed by atoms with E-state index in [0.29, 0.717) is 5.69 Å². The summed E-state index contributed by atoms with van der Waals surface area (Å²) in [5.74, 6) is 0.892. The van der Waals surface area contributed by atoms with Gasteiger partial charge in [0.2, 0.25) is 5.91 Å². The van der Waals surface area contributed by atoms with Crippen molar-refractivity contribution in [3.05, 3.63) is 54.1 Å². The monoisotopic (exact) mass is 335 g/mol. The van der Waals surface area contributed by atoms with E-state index in [9.17, 15) is 4.79 Å². The topological polar surface area (TPSA) is 62.5 Å². The fraction of sp³-hybridized carbons (Fsp3) is 0.316. The predicted molar refractivity (Wildman–Crippen MR) is 97.9 cm³/mol. The standard InChI is InChI=1S/C19H21N5O/c1-14-5-4-10-24-13-16(22-19(14)24)11-18(25)21-15-6-7-17(20-12-15)23-8-2-3-9-23/h4-7,10,12-13H,2-3,8-9,11H2,1H3,(H,21,25). The molecule has 0 unspecified atom stereocenters. The van der Waals surface area contributed by atoms with Gasteiger partial charge in [0.05, 0.1) is 24.0 Å². The minimum absolute atomic E-state index is 0.0863. The number of pyridine rings is 2. The molecule has 0 aliphatic carbocycles. The predicted octanol–water partition coefficient (Wildman–Crippen LogP) is 2.82. The lowest BCUT2D eigenvalue weighted by molar-refractivity contribution is -0.115. The average molecular weight is 335 g/mol. The zero-order chi connectivity index (χ0) is 17.2. The van der Waals surface area contributed by atoms with Crippen molar-refractivity contribution in [1.82, 2.24) is 14.4 Å². The zero-order valence-electron chi connectivity index (χ0n) is 14.3. The Morgan fingerprint density at radius 3 is 2.80 bits per heavy atom. The number of anilines is 2. The van der Waals surface area contributed by atoms with Crippen LogP contribution >= 0.6 is 0 Å². The van der Waals surface area contributed by atoms with Gasteiger partial charge in [-0.25, -0.2) is 9.97 Å². The van der Waals surface area contributed by atoms with E-state index in [0.717, 1.165) is 35.8 Å². The summed E-state index contributed by atoms with van der Waals surface area (Å²) in [4.78, 5) is 23.6. The number of aromatic nitrogens is 3. The number of fused-ring (bicyclic) bond motifs is 1. The lowest BCUT2D eigenvalue weighted by Crippen LogP contribution is -2.19. The number of nitrogens with one attached hydrogen (secondary N) is 1. The fourth-order valence-electron chi connectivity index (χ4n) is 3.25. The molecule has 4 heterocycles. The van der Waals surface area contributed by atoms with E-state index in [4.69, 9.17) is 0 Å². The summed E-state index contributed by atoms with van der Waals surface area (Å²) in [6.45, 7) is 4.14. The number of rotatable bonds is 4. The number of hydrogen-bond donors (Lipinski definition) is 1. The fourth-order valence-corrected chi connectivity index (χ4v) is 3.25. The Balaban J connectivity index is 1.41. The quantitative estimate of drug-likeness (QED) is 0.796. The summed E-state index contributed by atoms with van der Waals surface area (Å²) < 4.78 is 1.95. The highest BCUT2D eigenvalue weighted by atomic mass is 16.1. The van der Waals surface area contributed by atoms with Crippen LogP contribution in [0.15, 0.2) is 42.9 Å². The van der Waals surface area contributed by atoms with Crippen LogP contribution in [0.3, 0.4) is 0 Å². The van der Waals surface area contributed by atoms with Crippen LogP contribution in [0.1, 0.15) is 24.1 Å². The smallest absolute Gasteiger partial charge is 0.230 e. The van der Waals surface area contributed by atoms with Gasteiger partial charge in [-0.15, -0.1) is 0 Å².